The van der Waals surface area contributed by atoms with Crippen molar-refractivity contribution in [3.63, 3.8) is 0 Å². The fourth-order valence-corrected chi connectivity index (χ4v) is 1.82. The highest BCUT2D eigenvalue weighted by atomic mass is 127. The number of nitrogens with one attached hydrogen (secondary N) is 1. The Morgan fingerprint density at radius 1 is 1.53 bits per heavy atom. The van der Waals surface area contributed by atoms with Crippen LogP contribution in [0.5, 0.6) is 0 Å². The number of furan rings is 1. The largest absolute Gasteiger partial charge is 0.468 e. The summed E-state index contributed by atoms with van der Waals surface area (Å²) in [6.07, 6.45) is 0. The van der Waals surface area contributed by atoms with E-state index in [1.165, 1.54) is 7.11 Å². The molecule has 0 saturated heterocycles. The lowest BCUT2D eigenvalue weighted by Gasteiger charge is -2.08. The standard InChI is InChI=1S/C11H14INO4/c1-6-4-8(7(2)17-6)10(14)13-5-9(12)11(15)16-3/h4,9H,5H2,1-3H3,(H,13,14). The Labute approximate surface area is 113 Å². The molecule has 94 valence electrons. The maximum atomic E-state index is 11.8. The van der Waals surface area contributed by atoms with Crippen LogP contribution in [0.15, 0.2) is 10.5 Å². The van der Waals surface area contributed by atoms with Crippen LogP contribution in [-0.4, -0.2) is 29.5 Å². The number of aryl methyl sites for hydroxylation is 2. The van der Waals surface area contributed by atoms with Gasteiger partial charge in [-0.1, -0.05) is 22.6 Å². The number of carbonyl (C=O) groups is 2. The molecule has 1 atom stereocenters. The minimum atomic E-state index is -0.394. The highest BCUT2D eigenvalue weighted by molar-refractivity contribution is 14.1. The van der Waals surface area contributed by atoms with Crippen molar-refractivity contribution in [2.24, 2.45) is 0 Å². The van der Waals surface area contributed by atoms with Gasteiger partial charge in [0, 0.05) is 6.54 Å². The zero-order chi connectivity index (χ0) is 13.0. The van der Waals surface area contributed by atoms with E-state index in [4.69, 9.17) is 4.42 Å². The second-order valence-corrected chi connectivity index (χ2v) is 5.03. The van der Waals surface area contributed by atoms with Gasteiger partial charge < -0.3 is 14.5 Å². The van der Waals surface area contributed by atoms with Gasteiger partial charge >= 0.3 is 5.97 Å². The number of esters is 1. The minimum absolute atomic E-state index is 0.232. The first kappa shape index (κ1) is 14.0. The van der Waals surface area contributed by atoms with Crippen LogP contribution in [0.1, 0.15) is 21.9 Å². The lowest BCUT2D eigenvalue weighted by atomic mass is 10.2. The summed E-state index contributed by atoms with van der Waals surface area (Å²) in [7, 11) is 1.32. The van der Waals surface area contributed by atoms with Gasteiger partial charge in [0.15, 0.2) is 0 Å². The summed E-state index contributed by atoms with van der Waals surface area (Å²) in [5.41, 5.74) is 0.496. The molecule has 0 radical (unpaired) electrons. The summed E-state index contributed by atoms with van der Waals surface area (Å²) in [5, 5.41) is 2.66. The highest BCUT2D eigenvalue weighted by Crippen LogP contribution is 2.13. The molecule has 5 nitrogen and oxygen atoms in total. The van der Waals surface area contributed by atoms with E-state index in [0.29, 0.717) is 17.1 Å². The Balaban J connectivity index is 2.56. The number of ether oxygens (including phenoxy) is 1. The molecule has 1 heterocycles. The fourth-order valence-electron chi connectivity index (χ4n) is 1.34. The van der Waals surface area contributed by atoms with Crippen LogP contribution in [0.4, 0.5) is 0 Å². The first-order valence-electron chi connectivity index (χ1n) is 5.02. The van der Waals surface area contributed by atoms with Crippen LogP contribution in [0.2, 0.25) is 0 Å². The second kappa shape index (κ2) is 6.04. The molecule has 0 saturated carbocycles. The topological polar surface area (TPSA) is 68.5 Å². The summed E-state index contributed by atoms with van der Waals surface area (Å²) in [6.45, 7) is 3.73. The SMILES string of the molecule is COC(=O)C(I)CNC(=O)c1cc(C)oc1C. The molecule has 1 unspecified atom stereocenters. The van der Waals surface area contributed by atoms with Crippen molar-refractivity contribution in [2.45, 2.75) is 17.8 Å². The van der Waals surface area contributed by atoms with Crippen molar-refractivity contribution >= 4 is 34.5 Å². The molecule has 1 aromatic heterocycles. The molecule has 0 bridgehead atoms. The number of alkyl halides is 1. The maximum absolute atomic E-state index is 11.8. The summed E-state index contributed by atoms with van der Waals surface area (Å²) < 4.78 is 9.42. The van der Waals surface area contributed by atoms with Gasteiger partial charge in [0.25, 0.3) is 5.91 Å². The number of rotatable bonds is 4. The summed E-state index contributed by atoms with van der Waals surface area (Å²) in [5.74, 6) is 0.658. The molecule has 1 rings (SSSR count). The van der Waals surface area contributed by atoms with Gasteiger partial charge in [0.05, 0.1) is 12.7 Å². The van der Waals surface area contributed by atoms with Gasteiger partial charge in [-0.25, -0.2) is 0 Å². The Kier molecular flexibility index (Phi) is 4.98. The van der Waals surface area contributed by atoms with E-state index in [0.717, 1.165) is 0 Å². The molecular formula is C11H14INO4. The van der Waals surface area contributed by atoms with E-state index >= 15 is 0 Å². The molecule has 17 heavy (non-hydrogen) atoms. The molecule has 6 heteroatoms. The molecule has 0 aliphatic carbocycles. The number of methoxy groups -OCH3 is 1. The van der Waals surface area contributed by atoms with Gasteiger partial charge in [0.2, 0.25) is 0 Å². The Morgan fingerprint density at radius 2 is 2.18 bits per heavy atom. The van der Waals surface area contributed by atoms with E-state index in [1.807, 2.05) is 22.6 Å². The van der Waals surface area contributed by atoms with E-state index in [2.05, 4.69) is 10.1 Å². The Morgan fingerprint density at radius 3 is 2.65 bits per heavy atom. The first-order chi connectivity index (χ1) is 7.95. The molecular weight excluding hydrogens is 337 g/mol. The van der Waals surface area contributed by atoms with Gasteiger partial charge in [0.1, 0.15) is 15.4 Å². The van der Waals surface area contributed by atoms with E-state index in [1.54, 1.807) is 19.9 Å². The van der Waals surface area contributed by atoms with Crippen molar-refractivity contribution in [3.05, 3.63) is 23.2 Å². The molecule has 0 aromatic carbocycles. The summed E-state index contributed by atoms with van der Waals surface area (Å²) >= 11 is 1.92. The van der Waals surface area contributed by atoms with E-state index < -0.39 is 3.92 Å². The van der Waals surface area contributed by atoms with Crippen LogP contribution in [0.25, 0.3) is 0 Å². The summed E-state index contributed by atoms with van der Waals surface area (Å²) in [4.78, 5) is 22.9. The smallest absolute Gasteiger partial charge is 0.320 e. The third-order valence-corrected chi connectivity index (χ3v) is 3.13. The number of halogens is 1. The second-order valence-electron chi connectivity index (χ2n) is 3.53. The van der Waals surface area contributed by atoms with Gasteiger partial charge in [-0.05, 0) is 19.9 Å². The number of hydrogen-bond donors (Lipinski definition) is 1. The predicted molar refractivity (Wildman–Crippen MR) is 70.3 cm³/mol. The van der Waals surface area contributed by atoms with E-state index in [-0.39, 0.29) is 18.4 Å². The average Bonchev–Trinajstić information content (AvgIpc) is 2.63. The molecule has 0 aliphatic rings. The van der Waals surface area contributed by atoms with Crippen molar-refractivity contribution in [1.82, 2.24) is 5.32 Å². The van der Waals surface area contributed by atoms with E-state index in [9.17, 15) is 9.59 Å². The highest BCUT2D eigenvalue weighted by Gasteiger charge is 2.18. The molecule has 0 aliphatic heterocycles. The van der Waals surface area contributed by atoms with Crippen molar-refractivity contribution in [1.29, 1.82) is 0 Å². The lowest BCUT2D eigenvalue weighted by molar-refractivity contribution is -0.139. The zero-order valence-electron chi connectivity index (χ0n) is 9.87. The third-order valence-electron chi connectivity index (χ3n) is 2.18. The third kappa shape index (κ3) is 3.72. The van der Waals surface area contributed by atoms with Crippen LogP contribution in [-0.2, 0) is 9.53 Å². The molecule has 1 aromatic rings. The van der Waals surface area contributed by atoms with Gasteiger partial charge in [-0.15, -0.1) is 0 Å². The number of hydrogen-bond acceptors (Lipinski definition) is 4. The minimum Gasteiger partial charge on any atom is -0.468 e. The average molecular weight is 351 g/mol. The fraction of sp³-hybridized carbons (Fsp3) is 0.455. The van der Waals surface area contributed by atoms with Gasteiger partial charge in [-0.2, -0.15) is 0 Å². The van der Waals surface area contributed by atoms with Crippen LogP contribution < -0.4 is 5.32 Å². The van der Waals surface area contributed by atoms with Crippen molar-refractivity contribution in [3.8, 4) is 0 Å². The number of carbonyl (C=O) groups excluding carboxylic acids is 2. The first-order valence-corrected chi connectivity index (χ1v) is 6.27. The molecule has 1 amide bonds. The lowest BCUT2D eigenvalue weighted by Crippen LogP contribution is -2.33. The van der Waals surface area contributed by atoms with Crippen LogP contribution in [0.3, 0.4) is 0 Å². The predicted octanol–water partition coefficient (Wildman–Crippen LogP) is 1.60. The van der Waals surface area contributed by atoms with Crippen LogP contribution in [0, 0.1) is 13.8 Å². The maximum Gasteiger partial charge on any atom is 0.320 e. The monoisotopic (exact) mass is 351 g/mol. The summed E-state index contributed by atoms with van der Waals surface area (Å²) in [6, 6.07) is 1.67. The Bertz CT molecular complexity index is 427. The van der Waals surface area contributed by atoms with Crippen LogP contribution >= 0.6 is 22.6 Å². The number of amides is 1. The molecule has 0 spiro atoms. The Hall–Kier alpha value is -1.05. The quantitative estimate of drug-likeness (QED) is 0.508. The normalized spacial score (nSPS) is 12.0. The van der Waals surface area contributed by atoms with Crippen molar-refractivity contribution < 1.29 is 18.7 Å². The zero-order valence-corrected chi connectivity index (χ0v) is 12.0. The molecule has 1 N–H and O–H groups in total. The van der Waals surface area contributed by atoms with Crippen molar-refractivity contribution in [2.75, 3.05) is 13.7 Å². The molecule has 0 fully saturated rings. The van der Waals surface area contributed by atoms with Gasteiger partial charge in [-0.3, -0.25) is 9.59 Å².